The average Bonchev–Trinajstić information content (AvgIpc) is 2.94. The normalized spacial score (nSPS) is 31.5. The van der Waals surface area contributed by atoms with Crippen LogP contribution in [-0.2, 0) is 0 Å². The van der Waals surface area contributed by atoms with E-state index in [1.165, 1.54) is 37.2 Å². The molecule has 2 heterocycles. The highest BCUT2D eigenvalue weighted by Gasteiger charge is 2.40. The Labute approximate surface area is 118 Å². The number of rotatable bonds is 3. The zero-order valence-electron chi connectivity index (χ0n) is 10.8. The summed E-state index contributed by atoms with van der Waals surface area (Å²) in [6.07, 6.45) is 4.26. The fourth-order valence-electron chi connectivity index (χ4n) is 3.76. The van der Waals surface area contributed by atoms with E-state index in [2.05, 4.69) is 17.9 Å². The van der Waals surface area contributed by atoms with Gasteiger partial charge < -0.3 is 5.73 Å². The fraction of sp³-hybridized carbons (Fsp3) is 0.714. The van der Waals surface area contributed by atoms with Gasteiger partial charge in [-0.1, -0.05) is 18.0 Å². The first-order valence-corrected chi connectivity index (χ1v) is 8.09. The molecular weight excluding hydrogens is 264 g/mol. The summed E-state index contributed by atoms with van der Waals surface area (Å²) in [5.41, 5.74) is 6.23. The smallest absolute Gasteiger partial charge is 0.0931 e. The minimum absolute atomic E-state index is 0.165. The summed E-state index contributed by atoms with van der Waals surface area (Å²) in [7, 11) is 0. The van der Waals surface area contributed by atoms with Gasteiger partial charge in [0.25, 0.3) is 0 Å². The first-order chi connectivity index (χ1) is 8.65. The van der Waals surface area contributed by atoms with Crippen molar-refractivity contribution < 1.29 is 0 Å². The monoisotopic (exact) mass is 284 g/mol. The molecule has 0 bridgehead atoms. The summed E-state index contributed by atoms with van der Waals surface area (Å²) in [4.78, 5) is 3.93. The largest absolute Gasteiger partial charge is 0.326 e. The summed E-state index contributed by atoms with van der Waals surface area (Å²) in [5.74, 6) is 1.84. The molecule has 0 amide bonds. The van der Waals surface area contributed by atoms with Crippen molar-refractivity contribution >= 4 is 22.9 Å². The molecule has 2 fully saturated rings. The summed E-state index contributed by atoms with van der Waals surface area (Å²) in [6.45, 7) is 4.57. The number of nitrogens with zero attached hydrogens (tertiary/aromatic N) is 1. The molecule has 1 aliphatic carbocycles. The molecule has 2 nitrogen and oxygen atoms in total. The number of hydrogen-bond acceptors (Lipinski definition) is 3. The molecule has 18 heavy (non-hydrogen) atoms. The average molecular weight is 285 g/mol. The maximum Gasteiger partial charge on any atom is 0.0931 e. The van der Waals surface area contributed by atoms with Gasteiger partial charge in [0.1, 0.15) is 0 Å². The van der Waals surface area contributed by atoms with Gasteiger partial charge in [0.2, 0.25) is 0 Å². The molecule has 3 rings (SSSR count). The van der Waals surface area contributed by atoms with Crippen molar-refractivity contribution in [1.82, 2.24) is 4.90 Å². The molecule has 1 aromatic rings. The van der Waals surface area contributed by atoms with Gasteiger partial charge in [-0.25, -0.2) is 0 Å². The number of thiophene rings is 1. The van der Waals surface area contributed by atoms with E-state index in [0.717, 1.165) is 16.2 Å². The van der Waals surface area contributed by atoms with Gasteiger partial charge in [-0.3, -0.25) is 4.90 Å². The predicted molar refractivity (Wildman–Crippen MR) is 78.1 cm³/mol. The Morgan fingerprint density at radius 1 is 1.33 bits per heavy atom. The van der Waals surface area contributed by atoms with Crippen LogP contribution >= 0.6 is 22.9 Å². The Hall–Kier alpha value is -0.0900. The van der Waals surface area contributed by atoms with E-state index >= 15 is 0 Å². The van der Waals surface area contributed by atoms with Crippen molar-refractivity contribution in [2.75, 3.05) is 13.1 Å². The van der Waals surface area contributed by atoms with Crippen LogP contribution in [-0.4, -0.2) is 24.0 Å². The Morgan fingerprint density at radius 3 is 2.50 bits per heavy atom. The van der Waals surface area contributed by atoms with E-state index in [0.29, 0.717) is 6.04 Å². The minimum atomic E-state index is 0.165. The van der Waals surface area contributed by atoms with Crippen molar-refractivity contribution in [1.29, 1.82) is 0 Å². The lowest BCUT2D eigenvalue weighted by Crippen LogP contribution is -2.38. The lowest BCUT2D eigenvalue weighted by Gasteiger charge is -2.30. The molecule has 1 aromatic heterocycles. The molecule has 0 radical (unpaired) electrons. The Kier molecular flexibility index (Phi) is 3.68. The van der Waals surface area contributed by atoms with Crippen LogP contribution in [0.2, 0.25) is 4.34 Å². The molecular formula is C14H21ClN2S. The fourth-order valence-corrected chi connectivity index (χ4v) is 5.07. The lowest BCUT2D eigenvalue weighted by molar-refractivity contribution is 0.206. The molecule has 1 saturated carbocycles. The van der Waals surface area contributed by atoms with Crippen LogP contribution in [0.15, 0.2) is 12.1 Å². The van der Waals surface area contributed by atoms with Gasteiger partial charge in [-0.15, -0.1) is 11.3 Å². The van der Waals surface area contributed by atoms with Crippen LogP contribution < -0.4 is 5.73 Å². The zero-order chi connectivity index (χ0) is 12.7. The highest BCUT2D eigenvalue weighted by Crippen LogP contribution is 2.42. The molecule has 1 aliphatic heterocycles. The number of hydrogen-bond donors (Lipinski definition) is 1. The van der Waals surface area contributed by atoms with Crippen LogP contribution in [0.4, 0.5) is 0 Å². The highest BCUT2D eigenvalue weighted by atomic mass is 35.5. The Morgan fingerprint density at radius 2 is 2.00 bits per heavy atom. The van der Waals surface area contributed by atoms with E-state index in [1.54, 1.807) is 11.3 Å². The first kappa shape index (κ1) is 12.9. The summed E-state index contributed by atoms with van der Waals surface area (Å²) in [5, 5.41) is 0. The molecule has 0 aromatic carbocycles. The van der Waals surface area contributed by atoms with Crippen molar-refractivity contribution in [3.8, 4) is 0 Å². The van der Waals surface area contributed by atoms with Gasteiger partial charge in [0, 0.05) is 24.0 Å². The predicted octanol–water partition coefficient (Wildman–Crippen LogP) is 3.52. The second-order valence-electron chi connectivity index (χ2n) is 5.85. The zero-order valence-corrected chi connectivity index (χ0v) is 12.4. The summed E-state index contributed by atoms with van der Waals surface area (Å²) < 4.78 is 0.870. The lowest BCUT2D eigenvalue weighted by atomic mass is 10.0. The minimum Gasteiger partial charge on any atom is -0.326 e. The number of halogens is 1. The molecule has 4 heteroatoms. The second-order valence-corrected chi connectivity index (χ2v) is 7.60. The maximum atomic E-state index is 6.23. The molecule has 4 unspecified atom stereocenters. The number of fused-ring (bicyclic) bond motifs is 1. The third-order valence-electron chi connectivity index (χ3n) is 4.53. The Bertz CT molecular complexity index is 406. The van der Waals surface area contributed by atoms with E-state index in [1.807, 2.05) is 6.07 Å². The van der Waals surface area contributed by atoms with Gasteiger partial charge in [0.05, 0.1) is 10.4 Å². The summed E-state index contributed by atoms with van der Waals surface area (Å²) in [6, 6.07) is 4.66. The van der Waals surface area contributed by atoms with E-state index in [4.69, 9.17) is 17.3 Å². The SMILES string of the molecule is CC(N)C(c1ccc(Cl)s1)N1CC2CCCC2C1. The molecule has 100 valence electrons. The van der Waals surface area contributed by atoms with Crippen LogP contribution in [0.3, 0.4) is 0 Å². The van der Waals surface area contributed by atoms with Gasteiger partial charge >= 0.3 is 0 Å². The molecule has 1 saturated heterocycles. The van der Waals surface area contributed by atoms with Crippen LogP contribution in [0.25, 0.3) is 0 Å². The van der Waals surface area contributed by atoms with Crippen LogP contribution in [0, 0.1) is 11.8 Å². The topological polar surface area (TPSA) is 29.3 Å². The summed E-state index contributed by atoms with van der Waals surface area (Å²) >= 11 is 7.75. The standard InChI is InChI=1S/C14H21ClN2S/c1-9(16)14(12-5-6-13(15)18-12)17-7-10-3-2-4-11(10)8-17/h5-6,9-11,14H,2-4,7-8,16H2,1H3. The van der Waals surface area contributed by atoms with E-state index < -0.39 is 0 Å². The maximum absolute atomic E-state index is 6.23. The quantitative estimate of drug-likeness (QED) is 0.920. The van der Waals surface area contributed by atoms with Crippen LogP contribution in [0.5, 0.6) is 0 Å². The molecule has 2 aliphatic rings. The van der Waals surface area contributed by atoms with Gasteiger partial charge in [-0.2, -0.15) is 0 Å². The van der Waals surface area contributed by atoms with Crippen LogP contribution in [0.1, 0.15) is 37.1 Å². The molecule has 0 spiro atoms. The van der Waals surface area contributed by atoms with Crippen molar-refractivity contribution in [2.45, 2.75) is 38.3 Å². The van der Waals surface area contributed by atoms with E-state index in [-0.39, 0.29) is 6.04 Å². The second kappa shape index (κ2) is 5.12. The third kappa shape index (κ3) is 2.34. The third-order valence-corrected chi connectivity index (χ3v) is 5.83. The van der Waals surface area contributed by atoms with Gasteiger partial charge in [0.15, 0.2) is 0 Å². The molecule has 4 atom stereocenters. The first-order valence-electron chi connectivity index (χ1n) is 6.90. The highest BCUT2D eigenvalue weighted by molar-refractivity contribution is 7.16. The molecule has 2 N–H and O–H groups in total. The van der Waals surface area contributed by atoms with Gasteiger partial charge in [-0.05, 0) is 43.7 Å². The van der Waals surface area contributed by atoms with E-state index in [9.17, 15) is 0 Å². The van der Waals surface area contributed by atoms with Crippen molar-refractivity contribution in [3.63, 3.8) is 0 Å². The van der Waals surface area contributed by atoms with Crippen molar-refractivity contribution in [3.05, 3.63) is 21.3 Å². The number of nitrogens with two attached hydrogens (primary N) is 1. The Balaban J connectivity index is 1.79. The number of likely N-dealkylation sites (tertiary alicyclic amines) is 1. The van der Waals surface area contributed by atoms with Crippen molar-refractivity contribution in [2.24, 2.45) is 17.6 Å².